The van der Waals surface area contributed by atoms with Crippen molar-refractivity contribution in [1.82, 2.24) is 0 Å². The number of hydrogen-bond donors (Lipinski definition) is 2. The average molecular weight is 673 g/mol. The van der Waals surface area contributed by atoms with Crippen molar-refractivity contribution >= 4 is 29.8 Å². The first-order valence-electron chi connectivity index (χ1n) is 16.0. The fraction of sp³-hybridized carbons (Fsp3) is 0.629. The molecule has 1 aromatic carbocycles. The van der Waals surface area contributed by atoms with Gasteiger partial charge in [0.25, 0.3) is 0 Å². The number of benzene rings is 1. The smallest absolute Gasteiger partial charge is 0.338 e. The Labute approximate surface area is 278 Å². The van der Waals surface area contributed by atoms with Gasteiger partial charge in [-0.25, -0.2) is 4.79 Å². The van der Waals surface area contributed by atoms with Gasteiger partial charge >= 0.3 is 29.8 Å². The Kier molecular flexibility index (Phi) is 9.07. The molecule has 2 N–H and O–H groups in total. The second-order valence-electron chi connectivity index (χ2n) is 14.1. The van der Waals surface area contributed by atoms with Gasteiger partial charge in [0.15, 0.2) is 17.8 Å². The summed E-state index contributed by atoms with van der Waals surface area (Å²) in [7, 11) is 0. The molecule has 10 atom stereocenters. The third kappa shape index (κ3) is 5.39. The molecule has 0 unspecified atom stereocenters. The Morgan fingerprint density at radius 2 is 1.44 bits per heavy atom. The van der Waals surface area contributed by atoms with Crippen LogP contribution in [0.3, 0.4) is 0 Å². The SMILES string of the molecule is CC(=O)O[C@@H]1C2=C(C)[C@@H](O)C[C@@](O)([C@@H](OC(=O)c3ccccc3)[C@@H]3[C@]4(OC(C)=O)CO[C@@H]4C[C@H](OC(C)=O)[C@@]3(C)[C@H]1OC(C)=O)C2(C)C. The molecule has 0 aromatic heterocycles. The standard InChI is InChI=1S/C35H44O13/c1-17-23(40)15-35(42)30(47-31(41)22-12-10-9-11-13-22)28-33(8,24(44-18(2)36)14-25-34(28,16-43-25)48-21(5)39)29(46-20(4)38)27(45-19(3)37)26(17)32(35,6)7/h9-13,23-25,27-30,40,42H,14-16H2,1-8H3/t23-,24-,25+,27+,28-,29-,30-,33+,34-,35+/m0/s1. The number of esters is 5. The fourth-order valence-electron chi connectivity index (χ4n) is 8.85. The highest BCUT2D eigenvalue weighted by Crippen LogP contribution is 2.66. The lowest BCUT2D eigenvalue weighted by atomic mass is 9.44. The van der Waals surface area contributed by atoms with Crippen LogP contribution < -0.4 is 0 Å². The van der Waals surface area contributed by atoms with Crippen molar-refractivity contribution in [3.8, 4) is 0 Å². The fourth-order valence-corrected chi connectivity index (χ4v) is 8.85. The number of carbonyl (C=O) groups is 5. The van der Waals surface area contributed by atoms with Gasteiger partial charge in [-0.3, -0.25) is 19.2 Å². The highest BCUT2D eigenvalue weighted by molar-refractivity contribution is 5.89. The second kappa shape index (κ2) is 12.3. The summed E-state index contributed by atoms with van der Waals surface area (Å²) in [6.45, 7) is 11.1. The summed E-state index contributed by atoms with van der Waals surface area (Å²) in [6, 6.07) is 8.05. The van der Waals surface area contributed by atoms with Crippen LogP contribution in [0.15, 0.2) is 41.5 Å². The summed E-state index contributed by atoms with van der Waals surface area (Å²) in [4.78, 5) is 65.5. The van der Waals surface area contributed by atoms with E-state index in [2.05, 4.69) is 0 Å². The third-order valence-corrected chi connectivity index (χ3v) is 11.0. The Hall–Kier alpha value is -3.81. The average Bonchev–Trinajstić information content (AvgIpc) is 2.97. The highest BCUT2D eigenvalue weighted by atomic mass is 16.6. The molecular formula is C35H44O13. The van der Waals surface area contributed by atoms with Crippen LogP contribution in [0.1, 0.15) is 78.6 Å². The number of carbonyl (C=O) groups excluding carboxylic acids is 5. The van der Waals surface area contributed by atoms with Crippen molar-refractivity contribution in [2.45, 2.75) is 116 Å². The molecule has 0 amide bonds. The summed E-state index contributed by atoms with van der Waals surface area (Å²) in [5.41, 5.74) is -6.19. The van der Waals surface area contributed by atoms with Crippen LogP contribution in [0.4, 0.5) is 0 Å². The van der Waals surface area contributed by atoms with Crippen molar-refractivity contribution in [3.05, 3.63) is 47.0 Å². The molecule has 3 fully saturated rings. The number of fused-ring (bicyclic) bond motifs is 5. The van der Waals surface area contributed by atoms with Gasteiger partial charge in [0, 0.05) is 46.0 Å². The number of aliphatic hydroxyl groups is 2. The molecule has 2 saturated carbocycles. The van der Waals surface area contributed by atoms with Gasteiger partial charge in [-0.15, -0.1) is 0 Å². The first kappa shape index (κ1) is 35.5. The van der Waals surface area contributed by atoms with Crippen molar-refractivity contribution in [2.75, 3.05) is 6.61 Å². The van der Waals surface area contributed by atoms with E-state index < -0.39 is 94.4 Å². The molecule has 3 aliphatic carbocycles. The van der Waals surface area contributed by atoms with Crippen molar-refractivity contribution < 1.29 is 62.6 Å². The van der Waals surface area contributed by atoms with E-state index in [-0.39, 0.29) is 30.6 Å². The predicted octanol–water partition coefficient (Wildman–Crippen LogP) is 2.59. The van der Waals surface area contributed by atoms with Gasteiger partial charge in [0.1, 0.15) is 23.9 Å². The van der Waals surface area contributed by atoms with E-state index in [0.29, 0.717) is 5.57 Å². The summed E-state index contributed by atoms with van der Waals surface area (Å²) in [5.74, 6) is -5.12. The van der Waals surface area contributed by atoms with Gasteiger partial charge in [0.2, 0.25) is 0 Å². The summed E-state index contributed by atoms with van der Waals surface area (Å²) in [6.07, 6.45) is -8.36. The first-order valence-corrected chi connectivity index (χ1v) is 16.0. The largest absolute Gasteiger partial charge is 0.462 e. The van der Waals surface area contributed by atoms with E-state index in [0.717, 1.165) is 6.92 Å². The van der Waals surface area contributed by atoms with Crippen LogP contribution in [0.25, 0.3) is 0 Å². The van der Waals surface area contributed by atoms with E-state index in [1.165, 1.54) is 32.9 Å². The molecule has 1 heterocycles. The topological polar surface area (TPSA) is 181 Å². The van der Waals surface area contributed by atoms with Gasteiger partial charge in [0.05, 0.1) is 29.6 Å². The number of rotatable bonds is 6. The van der Waals surface area contributed by atoms with E-state index in [1.807, 2.05) is 0 Å². The maximum Gasteiger partial charge on any atom is 0.338 e. The minimum Gasteiger partial charge on any atom is -0.462 e. The lowest BCUT2D eigenvalue weighted by Gasteiger charge is -2.69. The summed E-state index contributed by atoms with van der Waals surface area (Å²) >= 11 is 0. The molecule has 0 spiro atoms. The van der Waals surface area contributed by atoms with Gasteiger partial charge in [-0.1, -0.05) is 39.0 Å². The molecular weight excluding hydrogens is 628 g/mol. The van der Waals surface area contributed by atoms with Crippen LogP contribution in [0.2, 0.25) is 0 Å². The Morgan fingerprint density at radius 1 is 0.833 bits per heavy atom. The van der Waals surface area contributed by atoms with E-state index >= 15 is 0 Å². The zero-order chi connectivity index (χ0) is 35.6. The van der Waals surface area contributed by atoms with Gasteiger partial charge in [-0.05, 0) is 30.2 Å². The molecule has 48 heavy (non-hydrogen) atoms. The molecule has 1 saturated heterocycles. The number of hydrogen-bond acceptors (Lipinski definition) is 13. The van der Waals surface area contributed by atoms with E-state index in [9.17, 15) is 34.2 Å². The zero-order valence-corrected chi connectivity index (χ0v) is 28.4. The Morgan fingerprint density at radius 3 is 1.96 bits per heavy atom. The monoisotopic (exact) mass is 672 g/mol. The lowest BCUT2D eigenvalue weighted by Crippen LogP contribution is -2.82. The molecule has 13 heteroatoms. The molecule has 5 rings (SSSR count). The van der Waals surface area contributed by atoms with Gasteiger partial charge < -0.3 is 38.6 Å². The molecule has 1 aromatic rings. The molecule has 13 nitrogen and oxygen atoms in total. The molecule has 2 bridgehead atoms. The quantitative estimate of drug-likeness (QED) is 0.256. The van der Waals surface area contributed by atoms with Crippen LogP contribution in [0, 0.1) is 16.7 Å². The van der Waals surface area contributed by atoms with Crippen molar-refractivity contribution in [2.24, 2.45) is 16.7 Å². The minimum absolute atomic E-state index is 0.0494. The van der Waals surface area contributed by atoms with Crippen molar-refractivity contribution in [1.29, 1.82) is 0 Å². The highest BCUT2D eigenvalue weighted by Gasteiger charge is 2.79. The second-order valence-corrected chi connectivity index (χ2v) is 14.1. The molecule has 262 valence electrons. The Bertz CT molecular complexity index is 1530. The van der Waals surface area contributed by atoms with Gasteiger partial charge in [-0.2, -0.15) is 0 Å². The third-order valence-electron chi connectivity index (χ3n) is 11.0. The van der Waals surface area contributed by atoms with Crippen LogP contribution in [-0.4, -0.2) is 94.5 Å². The first-order chi connectivity index (χ1) is 22.3. The summed E-state index contributed by atoms with van der Waals surface area (Å²) < 4.78 is 36.5. The number of aliphatic hydroxyl groups excluding tert-OH is 1. The molecule has 4 aliphatic rings. The van der Waals surface area contributed by atoms with E-state index in [1.54, 1.807) is 45.9 Å². The normalized spacial score (nSPS) is 38.0. The van der Waals surface area contributed by atoms with E-state index in [4.69, 9.17) is 28.4 Å². The van der Waals surface area contributed by atoms with Crippen LogP contribution in [-0.2, 0) is 47.6 Å². The lowest BCUT2D eigenvalue weighted by molar-refractivity contribution is -0.365. The number of ether oxygens (including phenoxy) is 6. The van der Waals surface area contributed by atoms with Crippen LogP contribution >= 0.6 is 0 Å². The summed E-state index contributed by atoms with van der Waals surface area (Å²) in [5, 5.41) is 24.8. The molecule has 0 radical (unpaired) electrons. The van der Waals surface area contributed by atoms with Crippen molar-refractivity contribution in [3.63, 3.8) is 0 Å². The predicted molar refractivity (Wildman–Crippen MR) is 165 cm³/mol. The maximum atomic E-state index is 14.0. The van der Waals surface area contributed by atoms with Crippen LogP contribution in [0.5, 0.6) is 0 Å². The maximum absolute atomic E-state index is 14.0. The molecule has 1 aliphatic heterocycles. The Balaban J connectivity index is 1.93. The minimum atomic E-state index is -2.15. The zero-order valence-electron chi connectivity index (χ0n) is 28.4.